The predicted molar refractivity (Wildman–Crippen MR) is 119 cm³/mol. The highest BCUT2D eigenvalue weighted by Gasteiger charge is 2.06. The molecule has 0 fully saturated rings. The highest BCUT2D eigenvalue weighted by atomic mass is 127. The van der Waals surface area contributed by atoms with E-state index in [0.717, 1.165) is 30.2 Å². The van der Waals surface area contributed by atoms with Gasteiger partial charge in [-0.05, 0) is 31.9 Å². The van der Waals surface area contributed by atoms with E-state index in [1.54, 1.807) is 7.11 Å². The van der Waals surface area contributed by atoms with Crippen LogP contribution in [0.1, 0.15) is 31.9 Å². The summed E-state index contributed by atoms with van der Waals surface area (Å²) in [7, 11) is 1.69. The molecule has 0 unspecified atom stereocenters. The van der Waals surface area contributed by atoms with Crippen molar-refractivity contribution >= 4 is 35.8 Å². The first-order chi connectivity index (χ1) is 12.0. The number of aliphatic imine (C=N–C) groups is 1. The fourth-order valence-electron chi connectivity index (χ4n) is 2.30. The predicted octanol–water partition coefficient (Wildman–Crippen LogP) is 2.49. The van der Waals surface area contributed by atoms with Crippen LogP contribution in [0.4, 0.5) is 0 Å². The maximum absolute atomic E-state index is 11.5. The Labute approximate surface area is 174 Å². The number of carbonyl (C=O) groups excluding carboxylic acids is 1. The van der Waals surface area contributed by atoms with Crippen molar-refractivity contribution in [1.29, 1.82) is 0 Å². The topological polar surface area (TPSA) is 74.8 Å². The fourth-order valence-corrected chi connectivity index (χ4v) is 2.30. The molecule has 1 aromatic carbocycles. The van der Waals surface area contributed by atoms with Gasteiger partial charge >= 0.3 is 0 Å². The normalized spacial score (nSPS) is 10.9. The van der Waals surface area contributed by atoms with Crippen LogP contribution in [0.3, 0.4) is 0 Å². The van der Waals surface area contributed by atoms with Crippen LogP contribution in [-0.4, -0.2) is 45.2 Å². The lowest BCUT2D eigenvalue weighted by atomic mass is 10.1. The molecule has 0 saturated heterocycles. The van der Waals surface area contributed by atoms with Gasteiger partial charge in [-0.1, -0.05) is 31.5 Å². The molecule has 7 heteroatoms. The molecule has 6 nitrogen and oxygen atoms in total. The van der Waals surface area contributed by atoms with Crippen LogP contribution in [0.25, 0.3) is 0 Å². The van der Waals surface area contributed by atoms with Crippen LogP contribution in [-0.2, 0) is 11.2 Å². The first-order valence-corrected chi connectivity index (χ1v) is 8.91. The van der Waals surface area contributed by atoms with E-state index in [4.69, 9.17) is 4.74 Å². The molecule has 26 heavy (non-hydrogen) atoms. The van der Waals surface area contributed by atoms with E-state index in [1.807, 2.05) is 32.9 Å². The Hall–Kier alpha value is -1.51. The monoisotopic (exact) mass is 476 g/mol. The summed E-state index contributed by atoms with van der Waals surface area (Å²) < 4.78 is 5.41. The maximum Gasteiger partial charge on any atom is 0.222 e. The fraction of sp³-hybridized carbons (Fsp3) is 0.579. The second kappa shape index (κ2) is 13.7. The highest BCUT2D eigenvalue weighted by Crippen LogP contribution is 2.20. The van der Waals surface area contributed by atoms with Crippen LogP contribution < -0.4 is 20.7 Å². The van der Waals surface area contributed by atoms with E-state index in [1.165, 1.54) is 5.56 Å². The van der Waals surface area contributed by atoms with E-state index in [9.17, 15) is 4.79 Å². The van der Waals surface area contributed by atoms with Gasteiger partial charge in [0.15, 0.2) is 5.96 Å². The molecule has 3 N–H and O–H groups in total. The molecule has 0 aliphatic carbocycles. The Morgan fingerprint density at radius 3 is 2.50 bits per heavy atom. The van der Waals surface area contributed by atoms with Crippen LogP contribution in [0.2, 0.25) is 0 Å². The van der Waals surface area contributed by atoms with E-state index in [-0.39, 0.29) is 35.8 Å². The molecule has 0 bridgehead atoms. The lowest BCUT2D eigenvalue weighted by molar-refractivity contribution is -0.123. The third-order valence-electron chi connectivity index (χ3n) is 3.67. The number of hydrogen-bond donors (Lipinski definition) is 3. The third kappa shape index (κ3) is 9.26. The smallest absolute Gasteiger partial charge is 0.222 e. The number of hydrogen-bond acceptors (Lipinski definition) is 3. The molecule has 1 aromatic rings. The summed E-state index contributed by atoms with van der Waals surface area (Å²) in [5, 5.41) is 9.33. The molecule has 0 spiro atoms. The van der Waals surface area contributed by atoms with Crippen molar-refractivity contribution in [1.82, 2.24) is 16.0 Å². The molecule has 1 amide bonds. The van der Waals surface area contributed by atoms with Crippen molar-refractivity contribution in [3.63, 3.8) is 0 Å². The second-order valence-corrected chi connectivity index (χ2v) is 6.20. The number of methoxy groups -OCH3 is 1. The quantitative estimate of drug-likeness (QED) is 0.222. The van der Waals surface area contributed by atoms with Gasteiger partial charge in [0.25, 0.3) is 0 Å². The summed E-state index contributed by atoms with van der Waals surface area (Å²) in [5.41, 5.74) is 2.37. The van der Waals surface area contributed by atoms with Crippen LogP contribution in [0.5, 0.6) is 5.75 Å². The molecule has 0 aromatic heterocycles. The summed E-state index contributed by atoms with van der Waals surface area (Å²) in [5.74, 6) is 1.73. The minimum absolute atomic E-state index is 0. The Bertz CT molecular complexity index is 577. The first-order valence-electron chi connectivity index (χ1n) is 8.91. The molecule has 0 atom stereocenters. The van der Waals surface area contributed by atoms with Crippen molar-refractivity contribution < 1.29 is 9.53 Å². The van der Waals surface area contributed by atoms with Crippen LogP contribution in [0.15, 0.2) is 23.2 Å². The summed E-state index contributed by atoms with van der Waals surface area (Å²) >= 11 is 0. The number of guanidine groups is 1. The highest BCUT2D eigenvalue weighted by molar-refractivity contribution is 14.0. The molecular weight excluding hydrogens is 443 g/mol. The second-order valence-electron chi connectivity index (χ2n) is 6.20. The lowest BCUT2D eigenvalue weighted by Gasteiger charge is -2.13. The number of amides is 1. The SMILES string of the molecule is CCNC(=NCCc1cc(C)ccc1OC)NCCNC(=O)C(C)C.I. The van der Waals surface area contributed by atoms with Gasteiger partial charge in [-0.3, -0.25) is 9.79 Å². The molecule has 0 heterocycles. The molecule has 0 saturated carbocycles. The van der Waals surface area contributed by atoms with Gasteiger partial charge < -0.3 is 20.7 Å². The molecule has 1 rings (SSSR count). The van der Waals surface area contributed by atoms with Gasteiger partial charge in [-0.15, -0.1) is 24.0 Å². The van der Waals surface area contributed by atoms with Crippen LogP contribution in [0, 0.1) is 12.8 Å². The van der Waals surface area contributed by atoms with E-state index in [0.29, 0.717) is 19.6 Å². The third-order valence-corrected chi connectivity index (χ3v) is 3.67. The summed E-state index contributed by atoms with van der Waals surface area (Å²) in [4.78, 5) is 16.1. The van der Waals surface area contributed by atoms with Crippen molar-refractivity contribution in [3.8, 4) is 5.75 Å². The van der Waals surface area contributed by atoms with Crippen molar-refractivity contribution in [2.45, 2.75) is 34.1 Å². The molecular formula is C19H33IN4O2. The van der Waals surface area contributed by atoms with Gasteiger partial charge in [0.2, 0.25) is 5.91 Å². The summed E-state index contributed by atoms with van der Waals surface area (Å²) in [6.45, 7) is 10.5. The van der Waals surface area contributed by atoms with Crippen molar-refractivity contribution in [3.05, 3.63) is 29.3 Å². The van der Waals surface area contributed by atoms with Gasteiger partial charge in [0, 0.05) is 32.1 Å². The van der Waals surface area contributed by atoms with Crippen molar-refractivity contribution in [2.75, 3.05) is 33.3 Å². The minimum Gasteiger partial charge on any atom is -0.496 e. The zero-order valence-electron chi connectivity index (χ0n) is 16.5. The first kappa shape index (κ1) is 24.5. The van der Waals surface area contributed by atoms with Gasteiger partial charge in [0.05, 0.1) is 7.11 Å². The Morgan fingerprint density at radius 2 is 1.88 bits per heavy atom. The minimum atomic E-state index is 0. The average Bonchev–Trinajstić information content (AvgIpc) is 2.58. The maximum atomic E-state index is 11.5. The number of ether oxygens (including phenoxy) is 1. The molecule has 148 valence electrons. The molecule has 0 radical (unpaired) electrons. The average molecular weight is 476 g/mol. The summed E-state index contributed by atoms with van der Waals surface area (Å²) in [6.07, 6.45) is 0.811. The number of benzene rings is 1. The lowest BCUT2D eigenvalue weighted by Crippen LogP contribution is -2.42. The number of rotatable bonds is 9. The van der Waals surface area contributed by atoms with Crippen LogP contribution >= 0.6 is 24.0 Å². The number of halogens is 1. The Kier molecular flexibility index (Phi) is 12.9. The van der Waals surface area contributed by atoms with E-state index in [2.05, 4.69) is 33.9 Å². The summed E-state index contributed by atoms with van der Waals surface area (Å²) in [6, 6.07) is 6.17. The zero-order chi connectivity index (χ0) is 18.7. The molecule has 0 aliphatic heterocycles. The Morgan fingerprint density at radius 1 is 1.19 bits per heavy atom. The van der Waals surface area contributed by atoms with Gasteiger partial charge in [0.1, 0.15) is 5.75 Å². The van der Waals surface area contributed by atoms with Gasteiger partial charge in [-0.2, -0.15) is 0 Å². The van der Waals surface area contributed by atoms with E-state index >= 15 is 0 Å². The molecule has 0 aliphatic rings. The number of aryl methyl sites for hydroxylation is 1. The van der Waals surface area contributed by atoms with E-state index < -0.39 is 0 Å². The number of nitrogens with one attached hydrogen (secondary N) is 3. The number of nitrogens with zero attached hydrogens (tertiary/aromatic N) is 1. The van der Waals surface area contributed by atoms with Gasteiger partial charge in [-0.25, -0.2) is 0 Å². The number of carbonyl (C=O) groups is 1. The zero-order valence-corrected chi connectivity index (χ0v) is 18.8. The standard InChI is InChI=1S/C19H32N4O2.HI/c1-6-20-19(23-12-11-21-18(24)14(2)3)22-10-9-16-13-15(4)7-8-17(16)25-5;/h7-8,13-14H,6,9-12H2,1-5H3,(H,21,24)(H2,20,22,23);1H. The Balaban J connectivity index is 0.00000625. The van der Waals surface area contributed by atoms with Crippen molar-refractivity contribution in [2.24, 2.45) is 10.9 Å². The largest absolute Gasteiger partial charge is 0.496 e.